The van der Waals surface area contributed by atoms with Crippen LogP contribution in [0.25, 0.3) is 6.08 Å². The number of carbonyl (C=O) groups is 1. The van der Waals surface area contributed by atoms with Crippen molar-refractivity contribution in [3.05, 3.63) is 40.0 Å². The zero-order valence-corrected chi connectivity index (χ0v) is 10.8. The summed E-state index contributed by atoms with van der Waals surface area (Å²) in [5.74, 6) is 0.312. The second-order valence-corrected chi connectivity index (χ2v) is 5.11. The van der Waals surface area contributed by atoms with Crippen LogP contribution in [0.4, 0.5) is 0 Å². The van der Waals surface area contributed by atoms with Gasteiger partial charge in [0.2, 0.25) is 0 Å². The molecule has 1 heterocycles. The highest BCUT2D eigenvalue weighted by atomic mass is 79.9. The molecule has 1 aliphatic heterocycles. The van der Waals surface area contributed by atoms with Gasteiger partial charge in [0.15, 0.2) is 0 Å². The van der Waals surface area contributed by atoms with Crippen molar-refractivity contribution in [2.75, 3.05) is 0 Å². The van der Waals surface area contributed by atoms with Gasteiger partial charge in [-0.3, -0.25) is 4.79 Å². The van der Waals surface area contributed by atoms with E-state index in [2.05, 4.69) is 21.2 Å². The van der Waals surface area contributed by atoms with E-state index in [9.17, 15) is 4.79 Å². The lowest BCUT2D eigenvalue weighted by Crippen LogP contribution is -2.34. The molecule has 1 fully saturated rings. The SMILES string of the molecule is CC1CC(=O)C/C(=C/c2cccc(Br)c2)N1. The number of nitrogens with one attached hydrogen (secondary N) is 1. The minimum atomic E-state index is 0.250. The second-order valence-electron chi connectivity index (χ2n) is 4.19. The van der Waals surface area contributed by atoms with Crippen molar-refractivity contribution in [3.8, 4) is 0 Å². The highest BCUT2D eigenvalue weighted by Gasteiger charge is 2.18. The fourth-order valence-electron chi connectivity index (χ4n) is 1.93. The van der Waals surface area contributed by atoms with Crippen LogP contribution in [-0.2, 0) is 4.79 Å². The van der Waals surface area contributed by atoms with E-state index in [1.165, 1.54) is 0 Å². The Morgan fingerprint density at radius 3 is 3.00 bits per heavy atom. The van der Waals surface area contributed by atoms with Crippen LogP contribution in [-0.4, -0.2) is 11.8 Å². The minimum absolute atomic E-state index is 0.250. The molecule has 2 nitrogen and oxygen atoms in total. The van der Waals surface area contributed by atoms with E-state index < -0.39 is 0 Å². The molecule has 0 bridgehead atoms. The van der Waals surface area contributed by atoms with Gasteiger partial charge in [-0.1, -0.05) is 28.1 Å². The number of Topliss-reactive ketones (excluding diaryl/α,β-unsaturated/α-hetero) is 1. The lowest BCUT2D eigenvalue weighted by atomic mass is 10.0. The van der Waals surface area contributed by atoms with Gasteiger partial charge >= 0.3 is 0 Å². The van der Waals surface area contributed by atoms with Gasteiger partial charge < -0.3 is 5.32 Å². The van der Waals surface area contributed by atoms with Gasteiger partial charge in [0, 0.05) is 29.1 Å². The number of hydrogen-bond donors (Lipinski definition) is 1. The van der Waals surface area contributed by atoms with Crippen LogP contribution < -0.4 is 5.32 Å². The molecule has 0 aliphatic carbocycles. The van der Waals surface area contributed by atoms with E-state index >= 15 is 0 Å². The quantitative estimate of drug-likeness (QED) is 0.856. The van der Waals surface area contributed by atoms with E-state index in [-0.39, 0.29) is 6.04 Å². The number of benzene rings is 1. The summed E-state index contributed by atoms with van der Waals surface area (Å²) in [5, 5.41) is 3.34. The first-order chi connectivity index (χ1) is 7.63. The molecule has 2 rings (SSSR count). The lowest BCUT2D eigenvalue weighted by Gasteiger charge is -2.22. The standard InChI is InChI=1S/C13H14BrNO/c1-9-5-13(16)8-12(15-9)7-10-3-2-4-11(14)6-10/h2-4,6-7,9,15H,5,8H2,1H3/b12-7-. The summed E-state index contributed by atoms with van der Waals surface area (Å²) in [7, 11) is 0. The third-order valence-corrected chi connectivity index (χ3v) is 3.04. The molecule has 0 saturated carbocycles. The molecular weight excluding hydrogens is 266 g/mol. The maximum Gasteiger partial charge on any atom is 0.140 e. The summed E-state index contributed by atoms with van der Waals surface area (Å²) >= 11 is 3.43. The summed E-state index contributed by atoms with van der Waals surface area (Å²) in [6.07, 6.45) is 3.20. The van der Waals surface area contributed by atoms with Crippen LogP contribution in [0.3, 0.4) is 0 Å². The Bertz CT molecular complexity index is 439. The van der Waals surface area contributed by atoms with Crippen LogP contribution >= 0.6 is 15.9 Å². The van der Waals surface area contributed by atoms with Crippen LogP contribution in [0.2, 0.25) is 0 Å². The fourth-order valence-corrected chi connectivity index (χ4v) is 2.35. The average Bonchev–Trinajstić information content (AvgIpc) is 2.15. The largest absolute Gasteiger partial charge is 0.385 e. The Morgan fingerprint density at radius 1 is 1.50 bits per heavy atom. The number of piperidine rings is 1. The molecule has 0 radical (unpaired) electrons. The van der Waals surface area contributed by atoms with Gasteiger partial charge in [0.1, 0.15) is 5.78 Å². The highest BCUT2D eigenvalue weighted by molar-refractivity contribution is 9.10. The molecule has 1 N–H and O–H groups in total. The number of halogens is 1. The summed E-state index contributed by atoms with van der Waals surface area (Å²) in [5.41, 5.74) is 2.13. The molecule has 3 heteroatoms. The topological polar surface area (TPSA) is 29.1 Å². The van der Waals surface area contributed by atoms with E-state index in [1.54, 1.807) is 0 Å². The van der Waals surface area contributed by atoms with E-state index in [0.717, 1.165) is 15.7 Å². The Hall–Kier alpha value is -1.09. The first-order valence-electron chi connectivity index (χ1n) is 5.38. The van der Waals surface area contributed by atoms with Crippen molar-refractivity contribution in [2.45, 2.75) is 25.8 Å². The molecule has 1 atom stereocenters. The van der Waals surface area contributed by atoms with Crippen molar-refractivity contribution >= 4 is 27.8 Å². The van der Waals surface area contributed by atoms with Gasteiger partial charge in [0.25, 0.3) is 0 Å². The van der Waals surface area contributed by atoms with Crippen molar-refractivity contribution in [1.82, 2.24) is 5.32 Å². The van der Waals surface area contributed by atoms with Gasteiger partial charge in [0.05, 0.1) is 0 Å². The monoisotopic (exact) mass is 279 g/mol. The molecule has 0 spiro atoms. The fraction of sp³-hybridized carbons (Fsp3) is 0.308. The Kier molecular flexibility index (Phi) is 3.44. The predicted molar refractivity (Wildman–Crippen MR) is 69.0 cm³/mol. The normalized spacial score (nSPS) is 23.2. The van der Waals surface area contributed by atoms with Crippen molar-refractivity contribution in [2.24, 2.45) is 0 Å². The van der Waals surface area contributed by atoms with E-state index in [1.807, 2.05) is 37.3 Å². The molecule has 0 amide bonds. The van der Waals surface area contributed by atoms with Crippen molar-refractivity contribution < 1.29 is 4.79 Å². The molecule has 16 heavy (non-hydrogen) atoms. The number of allylic oxidation sites excluding steroid dienone is 1. The molecule has 1 aromatic carbocycles. The second kappa shape index (κ2) is 4.83. The van der Waals surface area contributed by atoms with Crippen LogP contribution in [0.5, 0.6) is 0 Å². The van der Waals surface area contributed by atoms with E-state index in [0.29, 0.717) is 18.6 Å². The molecule has 84 valence electrons. The van der Waals surface area contributed by atoms with Crippen LogP contribution in [0.1, 0.15) is 25.3 Å². The maximum atomic E-state index is 11.5. The van der Waals surface area contributed by atoms with Gasteiger partial charge in [-0.2, -0.15) is 0 Å². The Labute approximate surface area is 104 Å². The lowest BCUT2D eigenvalue weighted by molar-refractivity contribution is -0.119. The summed E-state index contributed by atoms with van der Waals surface area (Å²) in [6, 6.07) is 8.30. The van der Waals surface area contributed by atoms with Crippen molar-refractivity contribution in [1.29, 1.82) is 0 Å². The number of carbonyl (C=O) groups excluding carboxylic acids is 1. The summed E-state index contributed by atoms with van der Waals surface area (Å²) in [6.45, 7) is 2.03. The number of rotatable bonds is 1. The molecule has 1 saturated heterocycles. The first-order valence-corrected chi connectivity index (χ1v) is 6.17. The molecular formula is C13H14BrNO. The van der Waals surface area contributed by atoms with Crippen molar-refractivity contribution in [3.63, 3.8) is 0 Å². The molecule has 0 aromatic heterocycles. The minimum Gasteiger partial charge on any atom is -0.385 e. The van der Waals surface area contributed by atoms with Crippen LogP contribution in [0.15, 0.2) is 34.4 Å². The van der Waals surface area contributed by atoms with Gasteiger partial charge in [-0.15, -0.1) is 0 Å². The summed E-state index contributed by atoms with van der Waals surface area (Å²) < 4.78 is 1.05. The summed E-state index contributed by atoms with van der Waals surface area (Å²) in [4.78, 5) is 11.5. The Morgan fingerprint density at radius 2 is 2.31 bits per heavy atom. The Balaban J connectivity index is 2.20. The molecule has 1 aromatic rings. The number of ketones is 1. The zero-order chi connectivity index (χ0) is 11.5. The highest BCUT2D eigenvalue weighted by Crippen LogP contribution is 2.18. The zero-order valence-electron chi connectivity index (χ0n) is 9.16. The van der Waals surface area contributed by atoms with E-state index in [4.69, 9.17) is 0 Å². The first kappa shape index (κ1) is 11.4. The maximum absolute atomic E-state index is 11.5. The van der Waals surface area contributed by atoms with Gasteiger partial charge in [-0.25, -0.2) is 0 Å². The molecule has 1 unspecified atom stereocenters. The van der Waals surface area contributed by atoms with Gasteiger partial charge in [-0.05, 0) is 30.7 Å². The third kappa shape index (κ3) is 2.95. The molecule has 1 aliphatic rings. The average molecular weight is 280 g/mol. The third-order valence-electron chi connectivity index (χ3n) is 2.54. The smallest absolute Gasteiger partial charge is 0.140 e. The van der Waals surface area contributed by atoms with Crippen LogP contribution in [0, 0.1) is 0 Å². The number of hydrogen-bond acceptors (Lipinski definition) is 2. The predicted octanol–water partition coefficient (Wildman–Crippen LogP) is 3.13.